The van der Waals surface area contributed by atoms with Gasteiger partial charge in [-0.3, -0.25) is 9.52 Å². The van der Waals surface area contributed by atoms with E-state index in [1.807, 2.05) is 23.6 Å². The van der Waals surface area contributed by atoms with Crippen molar-refractivity contribution in [2.24, 2.45) is 0 Å². The van der Waals surface area contributed by atoms with E-state index in [-0.39, 0.29) is 5.91 Å². The fourth-order valence-electron chi connectivity index (χ4n) is 1.94. The third-order valence-corrected chi connectivity index (χ3v) is 4.41. The molecule has 0 aliphatic heterocycles. The quantitative estimate of drug-likeness (QED) is 0.762. The van der Waals surface area contributed by atoms with Crippen LogP contribution in [0.3, 0.4) is 0 Å². The second-order valence-electron chi connectivity index (χ2n) is 4.91. The van der Waals surface area contributed by atoms with Crippen LogP contribution in [0.15, 0.2) is 41.8 Å². The Bertz CT molecular complexity index is 708. The number of hydrogen-bond acceptors (Lipinski definition) is 4. The molecule has 5 nitrogen and oxygen atoms in total. The van der Waals surface area contributed by atoms with Crippen LogP contribution in [0.2, 0.25) is 0 Å². The van der Waals surface area contributed by atoms with Gasteiger partial charge in [-0.2, -0.15) is 0 Å². The molecule has 1 heterocycles. The molecular formula is C15H18N2O3S2. The third-order valence-electron chi connectivity index (χ3n) is 2.93. The third kappa shape index (κ3) is 5.50. The number of hydrogen-bond donors (Lipinski definition) is 2. The maximum Gasteiger partial charge on any atom is 0.261 e. The maximum atomic E-state index is 11.7. The van der Waals surface area contributed by atoms with Crippen molar-refractivity contribution in [3.8, 4) is 0 Å². The van der Waals surface area contributed by atoms with Crippen LogP contribution in [0, 0.1) is 0 Å². The zero-order valence-corrected chi connectivity index (χ0v) is 13.8. The molecule has 0 bridgehead atoms. The lowest BCUT2D eigenvalue weighted by molar-refractivity contribution is 0.0957. The van der Waals surface area contributed by atoms with Crippen LogP contribution in [0.4, 0.5) is 5.69 Å². The number of amides is 1. The lowest BCUT2D eigenvalue weighted by Gasteiger charge is -2.06. The Hall–Kier alpha value is -1.86. The van der Waals surface area contributed by atoms with Crippen LogP contribution in [0.5, 0.6) is 0 Å². The van der Waals surface area contributed by atoms with E-state index in [1.165, 1.54) is 11.3 Å². The Kier molecular flexibility index (Phi) is 5.57. The van der Waals surface area contributed by atoms with Crippen molar-refractivity contribution in [2.75, 3.05) is 17.5 Å². The van der Waals surface area contributed by atoms with E-state index in [1.54, 1.807) is 18.2 Å². The lowest BCUT2D eigenvalue weighted by Crippen LogP contribution is -2.23. The number of anilines is 1. The summed E-state index contributed by atoms with van der Waals surface area (Å²) in [5.74, 6) is -0.0392. The largest absolute Gasteiger partial charge is 0.351 e. The van der Waals surface area contributed by atoms with Crippen LogP contribution < -0.4 is 10.0 Å². The molecule has 0 fully saturated rings. The van der Waals surface area contributed by atoms with Crippen molar-refractivity contribution in [3.63, 3.8) is 0 Å². The minimum atomic E-state index is -3.24. The van der Waals surface area contributed by atoms with E-state index in [2.05, 4.69) is 10.0 Å². The molecule has 0 saturated carbocycles. The van der Waals surface area contributed by atoms with Crippen molar-refractivity contribution in [1.82, 2.24) is 5.32 Å². The molecule has 0 spiro atoms. The van der Waals surface area contributed by atoms with E-state index in [9.17, 15) is 13.2 Å². The maximum absolute atomic E-state index is 11.7. The van der Waals surface area contributed by atoms with Gasteiger partial charge in [-0.1, -0.05) is 18.2 Å². The Morgan fingerprint density at radius 1 is 1.18 bits per heavy atom. The van der Waals surface area contributed by atoms with Gasteiger partial charge in [0, 0.05) is 12.2 Å². The molecule has 118 valence electrons. The first-order valence-electron chi connectivity index (χ1n) is 6.82. The first-order chi connectivity index (χ1) is 10.4. The summed E-state index contributed by atoms with van der Waals surface area (Å²) in [5, 5.41) is 4.75. The van der Waals surface area contributed by atoms with Gasteiger partial charge in [0.25, 0.3) is 5.91 Å². The average molecular weight is 338 g/mol. The molecule has 2 rings (SSSR count). The minimum absolute atomic E-state index is 0.0392. The molecule has 2 N–H and O–H groups in total. The van der Waals surface area contributed by atoms with E-state index >= 15 is 0 Å². The van der Waals surface area contributed by atoms with Crippen molar-refractivity contribution < 1.29 is 13.2 Å². The molecule has 2 aromatic rings. The van der Waals surface area contributed by atoms with Gasteiger partial charge in [0.1, 0.15) is 0 Å². The van der Waals surface area contributed by atoms with Gasteiger partial charge in [-0.05, 0) is 42.0 Å². The van der Waals surface area contributed by atoms with Crippen molar-refractivity contribution in [3.05, 3.63) is 52.2 Å². The summed E-state index contributed by atoms with van der Waals surface area (Å²) >= 11 is 1.42. The molecule has 0 atom stereocenters. The summed E-state index contributed by atoms with van der Waals surface area (Å²) in [6.07, 6.45) is 2.77. The molecule has 0 radical (unpaired) electrons. The topological polar surface area (TPSA) is 75.3 Å². The highest BCUT2D eigenvalue weighted by molar-refractivity contribution is 7.92. The molecule has 0 saturated heterocycles. The van der Waals surface area contributed by atoms with Crippen molar-refractivity contribution >= 4 is 33.0 Å². The molecule has 1 aromatic carbocycles. The van der Waals surface area contributed by atoms with Crippen LogP contribution in [-0.2, 0) is 16.4 Å². The number of thiophene rings is 1. The number of carbonyl (C=O) groups is 1. The smallest absolute Gasteiger partial charge is 0.261 e. The molecule has 1 amide bonds. The number of carbonyl (C=O) groups excluding carboxylic acids is 1. The molecule has 0 unspecified atom stereocenters. The van der Waals surface area contributed by atoms with Gasteiger partial charge in [-0.15, -0.1) is 11.3 Å². The van der Waals surface area contributed by atoms with Crippen molar-refractivity contribution in [2.45, 2.75) is 12.8 Å². The standard InChI is InChI=1S/C15H18N2O3S2/c1-22(19,20)17-13-8-6-12(7-9-13)4-2-10-16-15(18)14-5-3-11-21-14/h3,5-9,11,17H,2,4,10H2,1H3,(H,16,18). The molecule has 0 aliphatic rings. The summed E-state index contributed by atoms with van der Waals surface area (Å²) in [6.45, 7) is 0.611. The Labute approximate surface area is 134 Å². The normalized spacial score (nSPS) is 11.1. The Balaban J connectivity index is 1.74. The van der Waals surface area contributed by atoms with Gasteiger partial charge >= 0.3 is 0 Å². The van der Waals surface area contributed by atoms with Crippen LogP contribution >= 0.6 is 11.3 Å². The van der Waals surface area contributed by atoms with Crippen LogP contribution in [-0.4, -0.2) is 27.1 Å². The van der Waals surface area contributed by atoms with Gasteiger partial charge < -0.3 is 5.32 Å². The Morgan fingerprint density at radius 2 is 1.91 bits per heavy atom. The van der Waals surface area contributed by atoms with Gasteiger partial charge in [-0.25, -0.2) is 8.42 Å². The second kappa shape index (κ2) is 7.42. The Morgan fingerprint density at radius 3 is 2.50 bits per heavy atom. The number of aryl methyl sites for hydroxylation is 1. The number of benzene rings is 1. The van der Waals surface area contributed by atoms with E-state index in [0.29, 0.717) is 12.2 Å². The molecule has 0 aliphatic carbocycles. The number of sulfonamides is 1. The summed E-state index contributed by atoms with van der Waals surface area (Å²) in [5.41, 5.74) is 1.65. The second-order valence-corrected chi connectivity index (χ2v) is 7.60. The monoisotopic (exact) mass is 338 g/mol. The van der Waals surface area contributed by atoms with Crippen LogP contribution in [0.1, 0.15) is 21.7 Å². The first kappa shape index (κ1) is 16.5. The minimum Gasteiger partial charge on any atom is -0.351 e. The first-order valence-corrected chi connectivity index (χ1v) is 9.59. The van der Waals surface area contributed by atoms with E-state index in [0.717, 1.165) is 29.5 Å². The fraction of sp³-hybridized carbons (Fsp3) is 0.267. The number of nitrogens with one attached hydrogen (secondary N) is 2. The predicted molar refractivity (Wildman–Crippen MR) is 89.9 cm³/mol. The highest BCUT2D eigenvalue weighted by Crippen LogP contribution is 2.12. The van der Waals surface area contributed by atoms with Gasteiger partial charge in [0.15, 0.2) is 0 Å². The summed E-state index contributed by atoms with van der Waals surface area (Å²) in [7, 11) is -3.24. The zero-order valence-electron chi connectivity index (χ0n) is 12.2. The SMILES string of the molecule is CS(=O)(=O)Nc1ccc(CCCNC(=O)c2cccs2)cc1. The van der Waals surface area contributed by atoms with Crippen molar-refractivity contribution in [1.29, 1.82) is 0 Å². The van der Waals surface area contributed by atoms with Gasteiger partial charge in [0.2, 0.25) is 10.0 Å². The summed E-state index contributed by atoms with van der Waals surface area (Å²) < 4.78 is 24.6. The molecular weight excluding hydrogens is 320 g/mol. The summed E-state index contributed by atoms with van der Waals surface area (Å²) in [4.78, 5) is 12.4. The highest BCUT2D eigenvalue weighted by atomic mass is 32.2. The fourth-order valence-corrected chi connectivity index (χ4v) is 3.15. The molecule has 7 heteroatoms. The number of rotatable bonds is 7. The van der Waals surface area contributed by atoms with E-state index in [4.69, 9.17) is 0 Å². The average Bonchev–Trinajstić information content (AvgIpc) is 2.97. The summed E-state index contributed by atoms with van der Waals surface area (Å²) in [6, 6.07) is 10.9. The molecule has 22 heavy (non-hydrogen) atoms. The van der Waals surface area contributed by atoms with Gasteiger partial charge in [0.05, 0.1) is 11.1 Å². The van der Waals surface area contributed by atoms with Crippen LogP contribution in [0.25, 0.3) is 0 Å². The predicted octanol–water partition coefficient (Wildman–Crippen LogP) is 2.48. The van der Waals surface area contributed by atoms with E-state index < -0.39 is 10.0 Å². The molecule has 1 aromatic heterocycles. The lowest BCUT2D eigenvalue weighted by atomic mass is 10.1. The highest BCUT2D eigenvalue weighted by Gasteiger charge is 2.05. The zero-order chi connectivity index (χ0) is 16.0.